The summed E-state index contributed by atoms with van der Waals surface area (Å²) in [6, 6.07) is 2.65. The van der Waals surface area contributed by atoms with Gasteiger partial charge in [0.2, 0.25) is 5.91 Å². The number of amides is 1. The fourth-order valence-corrected chi connectivity index (χ4v) is 2.60. The van der Waals surface area contributed by atoms with Crippen molar-refractivity contribution >= 4 is 19.0 Å². The Hall–Kier alpha value is -2.30. The highest BCUT2D eigenvalue weighted by Crippen LogP contribution is 2.37. The van der Waals surface area contributed by atoms with E-state index in [9.17, 15) is 24.8 Å². The third kappa shape index (κ3) is 5.37. The zero-order valence-corrected chi connectivity index (χ0v) is 16.4. The Morgan fingerprint density at radius 3 is 2.68 bits per heavy atom. The van der Waals surface area contributed by atoms with Crippen molar-refractivity contribution in [3.63, 3.8) is 0 Å². The number of aromatic hydroxyl groups is 1. The van der Waals surface area contributed by atoms with Crippen LogP contribution in [0.3, 0.4) is 0 Å². The number of ether oxygens (including phenoxy) is 2. The molecule has 0 fully saturated rings. The number of fused-ring (bicyclic) bond motifs is 1. The number of hydrogen-bond donors (Lipinski definition) is 4. The van der Waals surface area contributed by atoms with Gasteiger partial charge in [0.25, 0.3) is 0 Å². The minimum atomic E-state index is -1.57. The fraction of sp³-hybridized carbons (Fsp3) is 0.556. The van der Waals surface area contributed by atoms with Gasteiger partial charge in [-0.3, -0.25) is 9.59 Å². The van der Waals surface area contributed by atoms with Crippen molar-refractivity contribution in [2.24, 2.45) is 5.41 Å². The number of nitrogens with one attached hydrogen (secondary N) is 1. The van der Waals surface area contributed by atoms with E-state index >= 15 is 0 Å². The molecule has 0 spiro atoms. The molecular formula is C18H26BNO8. The van der Waals surface area contributed by atoms with E-state index in [-0.39, 0.29) is 35.8 Å². The van der Waals surface area contributed by atoms with Crippen LogP contribution >= 0.6 is 0 Å². The van der Waals surface area contributed by atoms with Gasteiger partial charge in [0, 0.05) is 6.42 Å². The number of carbonyl (C=O) groups excluding carboxylic acids is 2. The summed E-state index contributed by atoms with van der Waals surface area (Å²) in [5.74, 6) is -1.45. The first-order valence-electron chi connectivity index (χ1n) is 8.99. The molecule has 2 atom stereocenters. The lowest BCUT2D eigenvalue weighted by atomic mass is 9.72. The van der Waals surface area contributed by atoms with Crippen molar-refractivity contribution in [2.75, 3.05) is 6.79 Å². The highest BCUT2D eigenvalue weighted by molar-refractivity contribution is 6.46. The first-order chi connectivity index (χ1) is 13.0. The molecule has 0 bridgehead atoms. The lowest BCUT2D eigenvalue weighted by Crippen LogP contribution is -2.53. The molecule has 1 amide bonds. The lowest BCUT2D eigenvalue weighted by Gasteiger charge is -2.30. The maximum absolute atomic E-state index is 11.7. The fourth-order valence-electron chi connectivity index (χ4n) is 2.60. The Morgan fingerprint density at radius 1 is 1.39 bits per heavy atom. The van der Waals surface area contributed by atoms with Crippen LogP contribution in [0, 0.1) is 5.41 Å². The van der Waals surface area contributed by atoms with Crippen LogP contribution in [0.2, 0.25) is 0 Å². The van der Waals surface area contributed by atoms with E-state index in [1.807, 2.05) is 0 Å². The average Bonchev–Trinajstić information content (AvgIpc) is 2.60. The Bertz CT molecular complexity index is 733. The number of esters is 1. The second kappa shape index (κ2) is 8.81. The molecule has 1 heterocycles. The van der Waals surface area contributed by atoms with E-state index in [1.165, 1.54) is 12.1 Å². The van der Waals surface area contributed by atoms with E-state index in [4.69, 9.17) is 14.1 Å². The molecule has 9 nitrogen and oxygen atoms in total. The van der Waals surface area contributed by atoms with E-state index in [2.05, 4.69) is 5.32 Å². The summed E-state index contributed by atoms with van der Waals surface area (Å²) in [4.78, 5) is 23.3. The summed E-state index contributed by atoms with van der Waals surface area (Å²) in [7, 11) is -1.34. The molecule has 1 aromatic rings. The van der Waals surface area contributed by atoms with Crippen LogP contribution in [0.15, 0.2) is 12.1 Å². The number of phenolic OH excluding ortho intramolecular Hbond substituents is 1. The highest BCUT2D eigenvalue weighted by Gasteiger charge is 2.38. The Balaban J connectivity index is 2.12. The van der Waals surface area contributed by atoms with Crippen LogP contribution in [0.1, 0.15) is 51.5 Å². The summed E-state index contributed by atoms with van der Waals surface area (Å²) >= 11 is 0. The molecule has 0 aliphatic carbocycles. The van der Waals surface area contributed by atoms with Crippen LogP contribution < -0.4 is 9.97 Å². The summed E-state index contributed by atoms with van der Waals surface area (Å²) in [5.41, 5.74) is -0.166. The predicted molar refractivity (Wildman–Crippen MR) is 99.1 cm³/mol. The largest absolute Gasteiger partial charge is 0.547 e. The summed E-state index contributed by atoms with van der Waals surface area (Å²) < 4.78 is 15.5. The van der Waals surface area contributed by atoms with Gasteiger partial charge in [-0.2, -0.15) is 0 Å². The van der Waals surface area contributed by atoms with Gasteiger partial charge in [-0.1, -0.05) is 6.92 Å². The summed E-state index contributed by atoms with van der Waals surface area (Å²) in [6.07, 6.45) is -1.13. The lowest BCUT2D eigenvalue weighted by molar-refractivity contribution is -0.193. The molecule has 1 aliphatic heterocycles. The molecule has 4 N–H and O–H groups in total. The minimum absolute atomic E-state index is 0.0705. The Morgan fingerprint density at radius 2 is 2.07 bits per heavy atom. The van der Waals surface area contributed by atoms with Crippen molar-refractivity contribution < 1.29 is 39.0 Å². The number of phenols is 1. The number of aliphatic hydroxyl groups excluding tert-OH is 1. The maximum atomic E-state index is 11.7. The molecule has 0 saturated heterocycles. The van der Waals surface area contributed by atoms with E-state index in [1.54, 1.807) is 27.7 Å². The Kier molecular flexibility index (Phi) is 6.92. The van der Waals surface area contributed by atoms with Gasteiger partial charge < -0.3 is 34.7 Å². The van der Waals surface area contributed by atoms with Crippen molar-refractivity contribution in [2.45, 2.75) is 52.8 Å². The number of aliphatic hydroxyl groups is 1. The van der Waals surface area contributed by atoms with Crippen molar-refractivity contribution in [3.05, 3.63) is 23.3 Å². The molecule has 1 aromatic carbocycles. The first-order valence-corrected chi connectivity index (χ1v) is 8.99. The average molecular weight is 395 g/mol. The number of benzene rings is 1. The number of carbonyl (C=O) groups is 2. The van der Waals surface area contributed by atoms with Gasteiger partial charge >= 0.3 is 13.1 Å². The molecular weight excluding hydrogens is 369 g/mol. The van der Waals surface area contributed by atoms with Gasteiger partial charge in [0.1, 0.15) is 11.5 Å². The molecule has 28 heavy (non-hydrogen) atoms. The third-order valence-electron chi connectivity index (χ3n) is 4.16. The summed E-state index contributed by atoms with van der Waals surface area (Å²) in [6.45, 7) is 6.23. The van der Waals surface area contributed by atoms with E-state index in [0.29, 0.717) is 5.56 Å². The maximum Gasteiger partial charge on any atom is 0.547 e. The quantitative estimate of drug-likeness (QED) is 0.316. The number of rotatable bonds is 6. The van der Waals surface area contributed by atoms with E-state index < -0.39 is 37.5 Å². The molecule has 2 rings (SSSR count). The molecule has 154 valence electrons. The second-order valence-corrected chi connectivity index (χ2v) is 7.58. The minimum Gasteiger partial charge on any atom is -0.534 e. The van der Waals surface area contributed by atoms with Gasteiger partial charge in [0.05, 0.1) is 16.9 Å². The summed E-state index contributed by atoms with van der Waals surface area (Å²) in [5, 5.41) is 33.1. The van der Waals surface area contributed by atoms with Crippen LogP contribution in [0.5, 0.6) is 11.5 Å². The predicted octanol–water partition coefficient (Wildman–Crippen LogP) is 0.796. The second-order valence-electron chi connectivity index (χ2n) is 7.58. The monoisotopic (exact) mass is 395 g/mol. The zero-order valence-electron chi connectivity index (χ0n) is 16.4. The van der Waals surface area contributed by atoms with Crippen LogP contribution in [-0.2, 0) is 25.5 Å². The van der Waals surface area contributed by atoms with Crippen LogP contribution in [0.25, 0.3) is 0 Å². The normalized spacial score (nSPS) is 17.4. The third-order valence-corrected chi connectivity index (χ3v) is 4.16. The Labute approximate surface area is 163 Å². The molecule has 0 aromatic heterocycles. The van der Waals surface area contributed by atoms with Crippen molar-refractivity contribution in [1.29, 1.82) is 0 Å². The molecule has 0 saturated carbocycles. The molecule has 0 radical (unpaired) electrons. The first kappa shape index (κ1) is 22.0. The van der Waals surface area contributed by atoms with Crippen molar-refractivity contribution in [1.82, 2.24) is 5.32 Å². The van der Waals surface area contributed by atoms with Gasteiger partial charge in [-0.05, 0) is 44.9 Å². The molecule has 1 aliphatic rings. The molecule has 10 heteroatoms. The standard InChI is InChI=1S/C18H26BNO8/c1-5-14(22)20-13-7-10-6-11(21)8-12(15(10)28-19(13)25)16(23)26-9-27-17(24)18(2,3)4/h6,8,13,16,21,23,25H,5,7,9H2,1-4H3,(H,20,22)/t13-,16?/m0/s1. The molecule has 1 unspecified atom stereocenters. The smallest absolute Gasteiger partial charge is 0.534 e. The SMILES string of the molecule is CCC(=O)N[C@H]1Cc2cc(O)cc(C(O)OCOC(=O)C(C)(C)C)c2OB1O. The van der Waals surface area contributed by atoms with Gasteiger partial charge in [-0.15, -0.1) is 0 Å². The van der Waals surface area contributed by atoms with Crippen LogP contribution in [0.4, 0.5) is 0 Å². The zero-order chi connectivity index (χ0) is 21.1. The highest BCUT2D eigenvalue weighted by atomic mass is 16.7. The van der Waals surface area contributed by atoms with Gasteiger partial charge in [0.15, 0.2) is 13.1 Å². The van der Waals surface area contributed by atoms with Crippen molar-refractivity contribution in [3.8, 4) is 11.5 Å². The van der Waals surface area contributed by atoms with E-state index in [0.717, 1.165) is 0 Å². The topological polar surface area (TPSA) is 135 Å². The van der Waals surface area contributed by atoms with Crippen LogP contribution in [-0.4, -0.2) is 47.0 Å². The van der Waals surface area contributed by atoms with Gasteiger partial charge in [-0.25, -0.2) is 0 Å². The number of hydrogen-bond acceptors (Lipinski definition) is 8.